The van der Waals surface area contributed by atoms with Crippen molar-refractivity contribution in [2.75, 3.05) is 6.54 Å². The average Bonchev–Trinajstić information content (AvgIpc) is 2.53. The van der Waals surface area contributed by atoms with Crippen molar-refractivity contribution in [1.29, 1.82) is 0 Å². The third-order valence-electron chi connectivity index (χ3n) is 4.34. The highest BCUT2D eigenvalue weighted by Gasteiger charge is 2.33. The van der Waals surface area contributed by atoms with Crippen LogP contribution in [0.15, 0.2) is 24.3 Å². The largest absolute Gasteiger partial charge is 0.461 e. The fraction of sp³-hybridized carbons (Fsp3) is 0.562. The van der Waals surface area contributed by atoms with Crippen molar-refractivity contribution >= 4 is 18.4 Å². The summed E-state index contributed by atoms with van der Waals surface area (Å²) in [6.45, 7) is 0.558. The molecule has 0 saturated heterocycles. The van der Waals surface area contributed by atoms with Crippen molar-refractivity contribution < 1.29 is 19.5 Å². The van der Waals surface area contributed by atoms with Gasteiger partial charge in [-0.15, -0.1) is 22.5 Å². The summed E-state index contributed by atoms with van der Waals surface area (Å²) in [6.07, 6.45) is 5.65. The first kappa shape index (κ1) is 20.2. The van der Waals surface area contributed by atoms with Gasteiger partial charge in [-0.3, -0.25) is 9.63 Å². The van der Waals surface area contributed by atoms with Crippen molar-refractivity contribution in [2.24, 2.45) is 11.1 Å². The van der Waals surface area contributed by atoms with Crippen LogP contribution < -0.4 is 10.6 Å². The van der Waals surface area contributed by atoms with E-state index in [2.05, 4.69) is 4.84 Å². The molecule has 1 aromatic carbocycles. The van der Waals surface area contributed by atoms with E-state index in [0.29, 0.717) is 18.5 Å². The van der Waals surface area contributed by atoms with Crippen LogP contribution in [0, 0.1) is 15.5 Å². The zero-order chi connectivity index (χ0) is 16.7. The summed E-state index contributed by atoms with van der Waals surface area (Å²) >= 11 is 0. The smallest absolute Gasteiger partial charge is 0.306 e. The summed E-state index contributed by atoms with van der Waals surface area (Å²) in [5.74, 6) is -0.174. The molecule has 0 radical (unpaired) electrons. The first-order valence-electron chi connectivity index (χ1n) is 7.80. The average molecular weight is 359 g/mol. The van der Waals surface area contributed by atoms with Gasteiger partial charge in [0.1, 0.15) is 12.4 Å². The molecule has 8 heteroatoms. The molecule has 0 heterocycles. The van der Waals surface area contributed by atoms with E-state index in [1.165, 1.54) is 18.6 Å². The number of halogens is 1. The molecular weight excluding hydrogens is 336 g/mol. The van der Waals surface area contributed by atoms with Crippen LogP contribution in [0.5, 0.6) is 5.75 Å². The fourth-order valence-electron chi connectivity index (χ4n) is 3.05. The minimum Gasteiger partial charge on any atom is -0.461 e. The van der Waals surface area contributed by atoms with Gasteiger partial charge in [-0.05, 0) is 42.5 Å². The Bertz CT molecular complexity index is 561. The Morgan fingerprint density at radius 3 is 2.62 bits per heavy atom. The van der Waals surface area contributed by atoms with Crippen LogP contribution in [0.25, 0.3) is 0 Å². The van der Waals surface area contributed by atoms with Crippen molar-refractivity contribution in [3.05, 3.63) is 39.9 Å². The van der Waals surface area contributed by atoms with Crippen LogP contribution in [0.3, 0.4) is 0 Å². The van der Waals surface area contributed by atoms with Crippen molar-refractivity contribution in [3.63, 3.8) is 0 Å². The molecule has 24 heavy (non-hydrogen) atoms. The van der Waals surface area contributed by atoms with E-state index in [0.717, 1.165) is 25.7 Å². The number of carbonyl (C=O) groups excluding carboxylic acids is 1. The second-order valence-corrected chi connectivity index (χ2v) is 6.06. The summed E-state index contributed by atoms with van der Waals surface area (Å²) in [5, 5.41) is 9.45. The van der Waals surface area contributed by atoms with Crippen LogP contribution in [-0.4, -0.2) is 17.6 Å². The van der Waals surface area contributed by atoms with E-state index in [-0.39, 0.29) is 36.1 Å². The van der Waals surface area contributed by atoms with E-state index < -0.39 is 5.09 Å². The zero-order valence-electron chi connectivity index (χ0n) is 13.4. The number of hydrogen-bond acceptors (Lipinski definition) is 6. The van der Waals surface area contributed by atoms with Gasteiger partial charge in [0.25, 0.3) is 5.09 Å². The molecule has 0 bridgehead atoms. The van der Waals surface area contributed by atoms with Crippen molar-refractivity contribution in [2.45, 2.75) is 45.1 Å². The molecule has 0 amide bonds. The molecule has 7 nitrogen and oxygen atoms in total. The lowest BCUT2D eigenvalue weighted by Gasteiger charge is -2.35. The van der Waals surface area contributed by atoms with Gasteiger partial charge in [0.2, 0.25) is 0 Å². The van der Waals surface area contributed by atoms with E-state index in [1.807, 2.05) is 0 Å². The quantitative estimate of drug-likeness (QED) is 0.456. The molecule has 0 atom stereocenters. The third-order valence-corrected chi connectivity index (χ3v) is 4.34. The van der Waals surface area contributed by atoms with E-state index in [4.69, 9.17) is 10.5 Å². The van der Waals surface area contributed by atoms with Gasteiger partial charge >= 0.3 is 5.97 Å². The molecule has 1 aromatic rings. The third kappa shape index (κ3) is 5.98. The molecule has 1 saturated carbocycles. The predicted octanol–water partition coefficient (Wildman–Crippen LogP) is 3.02. The summed E-state index contributed by atoms with van der Waals surface area (Å²) < 4.78 is 5.30. The van der Waals surface area contributed by atoms with Gasteiger partial charge in [-0.2, -0.15) is 0 Å². The summed E-state index contributed by atoms with van der Waals surface area (Å²) in [5.41, 5.74) is 6.38. The Morgan fingerprint density at radius 2 is 2.00 bits per heavy atom. The highest BCUT2D eigenvalue weighted by atomic mass is 35.5. The summed E-state index contributed by atoms with van der Waals surface area (Å²) in [4.78, 5) is 26.8. The first-order chi connectivity index (χ1) is 11.0. The molecule has 0 aromatic heterocycles. The lowest BCUT2D eigenvalue weighted by Crippen LogP contribution is -2.35. The highest BCUT2D eigenvalue weighted by Crippen LogP contribution is 2.38. The van der Waals surface area contributed by atoms with E-state index in [9.17, 15) is 14.9 Å². The van der Waals surface area contributed by atoms with Gasteiger partial charge in [-0.25, -0.2) is 0 Å². The minimum atomic E-state index is -0.876. The molecule has 134 valence electrons. The second kappa shape index (κ2) is 9.44. The predicted molar refractivity (Wildman–Crippen MR) is 90.3 cm³/mol. The summed E-state index contributed by atoms with van der Waals surface area (Å²) in [6, 6.07) is 6.29. The number of nitrogens with two attached hydrogens (primary N) is 1. The number of nitrogens with zero attached hydrogens (tertiary/aromatic N) is 1. The number of esters is 1. The molecule has 0 aliphatic heterocycles. The van der Waals surface area contributed by atoms with Crippen LogP contribution >= 0.6 is 12.4 Å². The number of ether oxygens (including phenoxy) is 1. The van der Waals surface area contributed by atoms with E-state index >= 15 is 0 Å². The Morgan fingerprint density at radius 1 is 1.29 bits per heavy atom. The Kier molecular flexibility index (Phi) is 7.94. The highest BCUT2D eigenvalue weighted by molar-refractivity contribution is 5.85. The SMILES string of the molecule is Cl.NCC1(CC(=O)OCc2cccc(O[N+](=O)[O-])c2)CCCCC1. The maximum Gasteiger partial charge on any atom is 0.306 e. The Labute approximate surface area is 147 Å². The Balaban J connectivity index is 0.00000288. The molecule has 0 unspecified atom stereocenters. The molecular formula is C16H23ClN2O5. The zero-order valence-corrected chi connectivity index (χ0v) is 14.3. The van der Waals surface area contributed by atoms with Crippen LogP contribution in [-0.2, 0) is 16.1 Å². The Hall–Kier alpha value is -1.86. The monoisotopic (exact) mass is 358 g/mol. The standard InChI is InChI=1S/C16H22N2O5.ClH/c17-12-16(7-2-1-3-8-16)10-15(19)22-11-13-5-4-6-14(9-13)23-18(20)21;/h4-6,9H,1-3,7-8,10-12,17H2;1H. The van der Waals surface area contributed by atoms with Crippen molar-refractivity contribution in [3.8, 4) is 5.75 Å². The van der Waals surface area contributed by atoms with Gasteiger partial charge in [0, 0.05) is 0 Å². The summed E-state index contributed by atoms with van der Waals surface area (Å²) in [7, 11) is 0. The molecule has 1 aliphatic carbocycles. The first-order valence-corrected chi connectivity index (χ1v) is 7.80. The normalized spacial score (nSPS) is 15.9. The maximum atomic E-state index is 12.1. The molecule has 1 fully saturated rings. The van der Waals surface area contributed by atoms with Crippen LogP contribution in [0.1, 0.15) is 44.1 Å². The van der Waals surface area contributed by atoms with Gasteiger partial charge in [-0.1, -0.05) is 31.4 Å². The lowest BCUT2D eigenvalue weighted by molar-refractivity contribution is -0.711. The second-order valence-electron chi connectivity index (χ2n) is 6.06. The van der Waals surface area contributed by atoms with Gasteiger partial charge in [0.05, 0.1) is 6.42 Å². The molecule has 2 N–H and O–H groups in total. The lowest BCUT2D eigenvalue weighted by atomic mass is 9.72. The van der Waals surface area contributed by atoms with Crippen molar-refractivity contribution in [1.82, 2.24) is 0 Å². The van der Waals surface area contributed by atoms with Crippen LogP contribution in [0.2, 0.25) is 0 Å². The number of rotatable bonds is 7. The molecule has 2 rings (SSSR count). The van der Waals surface area contributed by atoms with Gasteiger partial charge in [0.15, 0.2) is 0 Å². The minimum absolute atomic E-state index is 0. The fourth-order valence-corrected chi connectivity index (χ4v) is 3.05. The van der Waals surface area contributed by atoms with Crippen LogP contribution in [0.4, 0.5) is 0 Å². The number of hydrogen-bond donors (Lipinski definition) is 1. The topological polar surface area (TPSA) is 105 Å². The molecule has 1 aliphatic rings. The number of carbonyl (C=O) groups is 1. The number of benzene rings is 1. The van der Waals surface area contributed by atoms with E-state index in [1.54, 1.807) is 12.1 Å². The maximum absolute atomic E-state index is 12.1. The molecule has 0 spiro atoms. The van der Waals surface area contributed by atoms with Gasteiger partial charge < -0.3 is 10.5 Å².